The summed E-state index contributed by atoms with van der Waals surface area (Å²) in [4.78, 5) is 10.7. The fourth-order valence-electron chi connectivity index (χ4n) is 4.97. The Hall–Kier alpha value is -3.14. The van der Waals surface area contributed by atoms with Crippen molar-refractivity contribution in [2.24, 2.45) is 11.8 Å². The minimum absolute atomic E-state index is 0.231. The first-order valence-corrected chi connectivity index (χ1v) is 12.5. The Balaban J connectivity index is 1.62. The van der Waals surface area contributed by atoms with Gasteiger partial charge in [0.25, 0.3) is 0 Å². The van der Waals surface area contributed by atoms with Crippen molar-refractivity contribution in [3.8, 4) is 28.5 Å². The average molecular weight is 492 g/mol. The minimum Gasteiger partial charge on any atom is -0.480 e. The number of nitrogens with zero attached hydrogens (tertiary/aromatic N) is 3. The first-order valence-electron chi connectivity index (χ1n) is 12.1. The monoisotopic (exact) mass is 491 g/mol. The molecule has 2 aromatic carbocycles. The van der Waals surface area contributed by atoms with E-state index in [-0.39, 0.29) is 6.61 Å². The van der Waals surface area contributed by atoms with Gasteiger partial charge in [-0.3, -0.25) is 4.68 Å². The maximum Gasteiger partial charge on any atom is 0.329 e. The highest BCUT2D eigenvalue weighted by Gasteiger charge is 2.26. The lowest BCUT2D eigenvalue weighted by Gasteiger charge is -2.28. The number of benzene rings is 2. The molecule has 4 rings (SSSR count). The molecule has 0 spiro atoms. The third-order valence-electron chi connectivity index (χ3n) is 6.64. The second-order valence-electron chi connectivity index (χ2n) is 9.18. The molecule has 1 saturated carbocycles. The van der Waals surface area contributed by atoms with Crippen molar-refractivity contribution in [1.82, 2.24) is 9.78 Å². The lowest BCUT2D eigenvalue weighted by Crippen LogP contribution is -2.23. The van der Waals surface area contributed by atoms with Gasteiger partial charge in [-0.25, -0.2) is 4.79 Å². The molecule has 1 aliphatic carbocycles. The Labute approximate surface area is 211 Å². The van der Waals surface area contributed by atoms with E-state index in [1.165, 1.54) is 0 Å². The molecule has 1 fully saturated rings. The predicted molar refractivity (Wildman–Crippen MR) is 136 cm³/mol. The van der Waals surface area contributed by atoms with E-state index in [9.17, 15) is 10.1 Å². The number of hydrogen-bond donors (Lipinski definition) is 1. The Kier molecular flexibility index (Phi) is 8.57. The number of aromatic nitrogens is 2. The number of nitriles is 1. The molecule has 1 N–H and O–H groups in total. The molecule has 6 nitrogen and oxygen atoms in total. The first kappa shape index (κ1) is 25.0. The van der Waals surface area contributed by atoms with Gasteiger partial charge >= 0.3 is 5.97 Å². The largest absolute Gasteiger partial charge is 0.480 e. The van der Waals surface area contributed by atoms with Crippen LogP contribution in [-0.4, -0.2) is 34.1 Å². The van der Waals surface area contributed by atoms with Gasteiger partial charge in [0.05, 0.1) is 24.1 Å². The van der Waals surface area contributed by atoms with E-state index < -0.39 is 5.97 Å². The zero-order valence-corrected chi connectivity index (χ0v) is 20.5. The third-order valence-corrected chi connectivity index (χ3v) is 6.87. The normalized spacial score (nSPS) is 17.7. The molecule has 0 aliphatic heterocycles. The number of halogens is 1. The summed E-state index contributed by atoms with van der Waals surface area (Å²) in [6, 6.07) is 20.4. The van der Waals surface area contributed by atoms with Crippen molar-refractivity contribution in [1.29, 1.82) is 5.26 Å². The van der Waals surface area contributed by atoms with Crippen LogP contribution in [0.5, 0.6) is 0 Å². The smallest absolute Gasteiger partial charge is 0.329 e. The number of rotatable bonds is 10. The lowest BCUT2D eigenvalue weighted by atomic mass is 9.82. The maximum absolute atomic E-state index is 10.7. The van der Waals surface area contributed by atoms with Crippen LogP contribution in [0.4, 0.5) is 0 Å². The van der Waals surface area contributed by atoms with Crippen LogP contribution in [0.1, 0.15) is 37.8 Å². The Morgan fingerprint density at radius 2 is 1.80 bits per heavy atom. The van der Waals surface area contributed by atoms with Gasteiger partial charge in [0.2, 0.25) is 0 Å². The summed E-state index contributed by atoms with van der Waals surface area (Å²) in [5.41, 5.74) is 5.13. The molecule has 0 amide bonds. The second kappa shape index (κ2) is 12.0. The zero-order chi connectivity index (χ0) is 24.6. The minimum atomic E-state index is -0.923. The quantitative estimate of drug-likeness (QED) is 0.363. The SMILES string of the molecule is N#CCCc1nn(C[C@H]2CC[C@H](COCC(=O)O)CC2)c(-c2ccccc2)c1-c1cccc(Cl)c1. The molecular formula is C28H30ClN3O3. The Morgan fingerprint density at radius 1 is 1.09 bits per heavy atom. The molecule has 0 saturated heterocycles. The molecule has 35 heavy (non-hydrogen) atoms. The molecule has 182 valence electrons. The molecule has 7 heteroatoms. The van der Waals surface area contributed by atoms with E-state index in [0.29, 0.717) is 36.3 Å². The number of carboxylic acid groups (broad SMARTS) is 1. The lowest BCUT2D eigenvalue weighted by molar-refractivity contribution is -0.142. The highest BCUT2D eigenvalue weighted by Crippen LogP contribution is 2.38. The number of aliphatic carboxylic acids is 1. The molecule has 0 unspecified atom stereocenters. The number of hydrogen-bond acceptors (Lipinski definition) is 4. The number of aryl methyl sites for hydroxylation is 1. The van der Waals surface area contributed by atoms with Crippen molar-refractivity contribution in [2.45, 2.75) is 45.1 Å². The molecule has 1 heterocycles. The number of carbonyl (C=O) groups is 1. The van der Waals surface area contributed by atoms with Crippen molar-refractivity contribution in [2.75, 3.05) is 13.2 Å². The summed E-state index contributed by atoms with van der Waals surface area (Å²) in [5, 5.41) is 23.8. The van der Waals surface area contributed by atoms with Gasteiger partial charge in [0.15, 0.2) is 0 Å². The zero-order valence-electron chi connectivity index (χ0n) is 19.7. The van der Waals surface area contributed by atoms with Crippen molar-refractivity contribution in [3.63, 3.8) is 0 Å². The maximum atomic E-state index is 10.7. The average Bonchev–Trinajstić information content (AvgIpc) is 3.22. The van der Waals surface area contributed by atoms with Crippen LogP contribution >= 0.6 is 11.6 Å². The van der Waals surface area contributed by atoms with E-state index in [1.54, 1.807) is 0 Å². The van der Waals surface area contributed by atoms with E-state index >= 15 is 0 Å². The van der Waals surface area contributed by atoms with Crippen LogP contribution in [-0.2, 0) is 22.5 Å². The first-order chi connectivity index (χ1) is 17.0. The number of carboxylic acids is 1. The summed E-state index contributed by atoms with van der Waals surface area (Å²) in [6.07, 6.45) is 5.13. The van der Waals surface area contributed by atoms with E-state index in [2.05, 4.69) is 29.0 Å². The van der Waals surface area contributed by atoms with Crippen LogP contribution in [0.15, 0.2) is 54.6 Å². The summed E-state index contributed by atoms with van der Waals surface area (Å²) >= 11 is 6.36. The van der Waals surface area contributed by atoms with Gasteiger partial charge in [-0.15, -0.1) is 0 Å². The van der Waals surface area contributed by atoms with Gasteiger partial charge in [-0.1, -0.05) is 54.1 Å². The van der Waals surface area contributed by atoms with Crippen LogP contribution in [0.25, 0.3) is 22.4 Å². The van der Waals surface area contributed by atoms with E-state index in [1.807, 2.05) is 36.4 Å². The Morgan fingerprint density at radius 3 is 2.49 bits per heavy atom. The molecule has 1 aliphatic rings. The predicted octanol–water partition coefficient (Wildman–Crippen LogP) is 6.23. The summed E-state index contributed by atoms with van der Waals surface area (Å²) in [6.45, 7) is 1.08. The van der Waals surface area contributed by atoms with Gasteiger partial charge in [-0.05, 0) is 55.2 Å². The van der Waals surface area contributed by atoms with Gasteiger partial charge in [0.1, 0.15) is 6.61 Å². The fraction of sp³-hybridized carbons (Fsp3) is 0.393. The van der Waals surface area contributed by atoms with Crippen LogP contribution in [0, 0.1) is 23.2 Å². The highest BCUT2D eigenvalue weighted by molar-refractivity contribution is 6.30. The van der Waals surface area contributed by atoms with Gasteiger partial charge in [-0.2, -0.15) is 10.4 Å². The van der Waals surface area contributed by atoms with Gasteiger partial charge in [0, 0.05) is 35.5 Å². The molecule has 0 atom stereocenters. The van der Waals surface area contributed by atoms with Crippen LogP contribution in [0.2, 0.25) is 5.02 Å². The molecule has 1 aromatic heterocycles. The Bertz CT molecular complexity index is 1180. The van der Waals surface area contributed by atoms with E-state index in [4.69, 9.17) is 26.5 Å². The molecule has 0 bridgehead atoms. The van der Waals surface area contributed by atoms with Gasteiger partial charge < -0.3 is 9.84 Å². The topological polar surface area (TPSA) is 88.1 Å². The van der Waals surface area contributed by atoms with Crippen molar-refractivity contribution < 1.29 is 14.6 Å². The molecule has 0 radical (unpaired) electrons. The molecule has 3 aromatic rings. The molecular weight excluding hydrogens is 462 g/mol. The summed E-state index contributed by atoms with van der Waals surface area (Å²) in [5.74, 6) is -0.0392. The van der Waals surface area contributed by atoms with Crippen LogP contribution in [0.3, 0.4) is 0 Å². The van der Waals surface area contributed by atoms with E-state index in [0.717, 1.165) is 60.3 Å². The standard InChI is InChI=1S/C28H30ClN3O3/c29-24-9-4-8-23(16-24)27-25(10-5-15-30)31-32(28(27)22-6-2-1-3-7-22)17-20-11-13-21(14-12-20)18-35-19-26(33)34/h1-4,6-9,16,20-21H,5,10-14,17-19H2,(H,33,34)/t20-,21-. The van der Waals surface area contributed by atoms with Crippen molar-refractivity contribution >= 4 is 17.6 Å². The number of ether oxygens (including phenoxy) is 1. The summed E-state index contributed by atoms with van der Waals surface area (Å²) < 4.78 is 7.46. The van der Waals surface area contributed by atoms with Crippen LogP contribution < -0.4 is 0 Å². The second-order valence-corrected chi connectivity index (χ2v) is 9.62. The third kappa shape index (κ3) is 6.50. The highest BCUT2D eigenvalue weighted by atomic mass is 35.5. The van der Waals surface area contributed by atoms with Crippen molar-refractivity contribution in [3.05, 3.63) is 65.3 Å². The fourth-order valence-corrected chi connectivity index (χ4v) is 5.16. The summed E-state index contributed by atoms with van der Waals surface area (Å²) in [7, 11) is 0.